The van der Waals surface area contributed by atoms with Gasteiger partial charge in [-0.3, -0.25) is 0 Å². The van der Waals surface area contributed by atoms with Crippen molar-refractivity contribution < 1.29 is 4.84 Å². The molecule has 0 bridgehead atoms. The molecule has 0 fully saturated rings. The first-order valence-electron chi connectivity index (χ1n) is 3.02. The molecule has 0 unspecified atom stereocenters. The molecule has 0 saturated carbocycles. The third-order valence-corrected chi connectivity index (χ3v) is 1.60. The highest BCUT2D eigenvalue weighted by Crippen LogP contribution is 2.15. The normalized spacial score (nSPS) is 9.18. The largest absolute Gasteiger partial charge is 0.359 e. The molecule has 0 N–H and O–H groups in total. The molecule has 0 aromatic heterocycles. The first-order chi connectivity index (χ1) is 5.34. The van der Waals surface area contributed by atoms with Crippen molar-refractivity contribution in [3.05, 3.63) is 39.8 Å². The lowest BCUT2D eigenvalue weighted by Gasteiger charge is -1.98. The van der Waals surface area contributed by atoms with E-state index in [1.807, 2.05) is 6.07 Å². The van der Waals surface area contributed by atoms with Gasteiger partial charge in [0, 0.05) is 10.6 Å². The quantitative estimate of drug-likeness (QED) is 0.518. The van der Waals surface area contributed by atoms with E-state index in [4.69, 9.17) is 11.6 Å². The van der Waals surface area contributed by atoms with Crippen LogP contribution >= 0.6 is 11.6 Å². The fraction of sp³-hybridized carbons (Fsp3) is 0.143. The summed E-state index contributed by atoms with van der Waals surface area (Å²) in [6.45, 7) is 0.128. The van der Waals surface area contributed by atoms with Gasteiger partial charge in [-0.15, -0.1) is 4.91 Å². The predicted octanol–water partition coefficient (Wildman–Crippen LogP) is 2.54. The van der Waals surface area contributed by atoms with Crippen molar-refractivity contribution in [3.63, 3.8) is 0 Å². The van der Waals surface area contributed by atoms with E-state index >= 15 is 0 Å². The van der Waals surface area contributed by atoms with Gasteiger partial charge in [0.15, 0.2) is 5.34 Å². The average molecular weight is 172 g/mol. The Kier molecular flexibility index (Phi) is 2.86. The van der Waals surface area contributed by atoms with Crippen molar-refractivity contribution >= 4 is 11.6 Å². The van der Waals surface area contributed by atoms with Crippen LogP contribution in [0.5, 0.6) is 0 Å². The number of nitrogens with zero attached hydrogens (tertiary/aromatic N) is 1. The molecule has 0 spiro atoms. The molecule has 0 aliphatic carbocycles. The first-order valence-corrected chi connectivity index (χ1v) is 3.40. The van der Waals surface area contributed by atoms with E-state index in [1.54, 1.807) is 18.2 Å². The molecule has 0 amide bonds. The summed E-state index contributed by atoms with van der Waals surface area (Å²) in [6.07, 6.45) is 0. The molecule has 1 rings (SSSR count). The molecular formula is C7H6ClNO2. The molecule has 0 saturated heterocycles. The van der Waals surface area contributed by atoms with Gasteiger partial charge < -0.3 is 4.84 Å². The van der Waals surface area contributed by atoms with E-state index < -0.39 is 0 Å². The van der Waals surface area contributed by atoms with E-state index in [2.05, 4.69) is 10.2 Å². The average Bonchev–Trinajstić information content (AvgIpc) is 2.03. The number of halogens is 1. The van der Waals surface area contributed by atoms with Crippen LogP contribution in [-0.2, 0) is 11.4 Å². The second-order valence-electron chi connectivity index (χ2n) is 1.94. The van der Waals surface area contributed by atoms with Gasteiger partial charge in [0.1, 0.15) is 6.61 Å². The molecule has 0 aliphatic rings. The van der Waals surface area contributed by atoms with Gasteiger partial charge in [0.05, 0.1) is 0 Å². The molecule has 0 aliphatic heterocycles. The summed E-state index contributed by atoms with van der Waals surface area (Å²) in [5, 5.41) is 2.84. The molecule has 0 radical (unpaired) electrons. The number of hydrogen-bond acceptors (Lipinski definition) is 3. The molecule has 11 heavy (non-hydrogen) atoms. The van der Waals surface area contributed by atoms with E-state index in [9.17, 15) is 4.91 Å². The third-order valence-electron chi connectivity index (χ3n) is 1.23. The molecule has 1 aromatic carbocycles. The summed E-state index contributed by atoms with van der Waals surface area (Å²) in [4.78, 5) is 13.9. The van der Waals surface area contributed by atoms with Crippen LogP contribution < -0.4 is 0 Å². The predicted molar refractivity (Wildman–Crippen MR) is 42.0 cm³/mol. The Morgan fingerprint density at radius 3 is 2.82 bits per heavy atom. The summed E-state index contributed by atoms with van der Waals surface area (Å²) in [7, 11) is 0. The number of rotatable bonds is 3. The molecule has 3 nitrogen and oxygen atoms in total. The Balaban J connectivity index is 2.69. The van der Waals surface area contributed by atoms with Crippen LogP contribution in [0.3, 0.4) is 0 Å². The molecule has 4 heteroatoms. The maximum Gasteiger partial charge on any atom is 0.155 e. The van der Waals surface area contributed by atoms with Crippen LogP contribution in [0.25, 0.3) is 0 Å². The lowest BCUT2D eigenvalue weighted by atomic mass is 10.2. The Morgan fingerprint density at radius 2 is 2.18 bits per heavy atom. The van der Waals surface area contributed by atoms with Crippen molar-refractivity contribution in [3.8, 4) is 0 Å². The number of benzene rings is 1. The summed E-state index contributed by atoms with van der Waals surface area (Å²) in [5.74, 6) is 0. The fourth-order valence-corrected chi connectivity index (χ4v) is 0.902. The highest BCUT2D eigenvalue weighted by atomic mass is 35.5. The van der Waals surface area contributed by atoms with Crippen molar-refractivity contribution in [1.82, 2.24) is 0 Å². The summed E-state index contributed by atoms with van der Waals surface area (Å²) in [5.41, 5.74) is 0.758. The maximum absolute atomic E-state index is 9.57. The van der Waals surface area contributed by atoms with Gasteiger partial charge in [-0.25, -0.2) is 0 Å². The van der Waals surface area contributed by atoms with Gasteiger partial charge in [0.25, 0.3) is 0 Å². The van der Waals surface area contributed by atoms with Crippen LogP contribution in [-0.4, -0.2) is 0 Å². The van der Waals surface area contributed by atoms with E-state index in [1.165, 1.54) is 0 Å². The highest BCUT2D eigenvalue weighted by Gasteiger charge is 1.97. The third kappa shape index (κ3) is 2.20. The van der Waals surface area contributed by atoms with Gasteiger partial charge in [-0.05, 0) is 6.07 Å². The van der Waals surface area contributed by atoms with Crippen LogP contribution in [0.2, 0.25) is 5.02 Å². The second kappa shape index (κ2) is 3.93. The van der Waals surface area contributed by atoms with E-state index in [0.717, 1.165) is 5.56 Å². The van der Waals surface area contributed by atoms with Crippen LogP contribution in [0.4, 0.5) is 0 Å². The summed E-state index contributed by atoms with van der Waals surface area (Å²) >= 11 is 5.74. The Hall–Kier alpha value is -1.09. The second-order valence-corrected chi connectivity index (χ2v) is 2.35. The minimum absolute atomic E-state index is 0.128. The lowest BCUT2D eigenvalue weighted by Crippen LogP contribution is -1.86. The van der Waals surface area contributed by atoms with Gasteiger partial charge in [0.2, 0.25) is 0 Å². The topological polar surface area (TPSA) is 38.7 Å². The zero-order valence-corrected chi connectivity index (χ0v) is 6.41. The van der Waals surface area contributed by atoms with Crippen molar-refractivity contribution in [1.29, 1.82) is 0 Å². The summed E-state index contributed by atoms with van der Waals surface area (Å²) in [6, 6.07) is 7.12. The summed E-state index contributed by atoms with van der Waals surface area (Å²) < 4.78 is 0. The van der Waals surface area contributed by atoms with Gasteiger partial charge >= 0.3 is 0 Å². The maximum atomic E-state index is 9.57. The Bertz CT molecular complexity index is 252. The smallest absolute Gasteiger partial charge is 0.155 e. The highest BCUT2D eigenvalue weighted by molar-refractivity contribution is 6.31. The van der Waals surface area contributed by atoms with Crippen molar-refractivity contribution in [2.24, 2.45) is 5.34 Å². The monoisotopic (exact) mass is 171 g/mol. The first kappa shape index (κ1) is 8.01. The van der Waals surface area contributed by atoms with E-state index in [0.29, 0.717) is 5.02 Å². The minimum atomic E-state index is 0.128. The van der Waals surface area contributed by atoms with Crippen molar-refractivity contribution in [2.45, 2.75) is 6.61 Å². The fourth-order valence-electron chi connectivity index (χ4n) is 0.711. The zero-order valence-electron chi connectivity index (χ0n) is 5.66. The SMILES string of the molecule is O=NOCc1ccccc1Cl. The Labute approximate surface area is 68.9 Å². The van der Waals surface area contributed by atoms with Crippen LogP contribution in [0.15, 0.2) is 29.6 Å². The van der Waals surface area contributed by atoms with Gasteiger partial charge in [-0.1, -0.05) is 29.8 Å². The van der Waals surface area contributed by atoms with Crippen molar-refractivity contribution in [2.75, 3.05) is 0 Å². The number of hydrogen-bond donors (Lipinski definition) is 0. The zero-order chi connectivity index (χ0) is 8.10. The standard InChI is InChI=1S/C7H6ClNO2/c8-7-4-2-1-3-6(7)5-11-9-10/h1-4H,5H2. The molecule has 58 valence electrons. The van der Waals surface area contributed by atoms with Crippen LogP contribution in [0, 0.1) is 4.91 Å². The van der Waals surface area contributed by atoms with E-state index in [-0.39, 0.29) is 6.61 Å². The molecule has 0 heterocycles. The molecular weight excluding hydrogens is 166 g/mol. The Morgan fingerprint density at radius 1 is 1.45 bits per heavy atom. The molecule has 0 atom stereocenters. The van der Waals surface area contributed by atoms with Gasteiger partial charge in [-0.2, -0.15) is 0 Å². The van der Waals surface area contributed by atoms with Crippen LogP contribution in [0.1, 0.15) is 5.56 Å². The molecule has 1 aromatic rings. The lowest BCUT2D eigenvalue weighted by molar-refractivity contribution is 0.126. The minimum Gasteiger partial charge on any atom is -0.359 e.